The molecule has 0 aliphatic carbocycles. The minimum Gasteiger partial charge on any atom is -0.453 e. The molecule has 2 heterocycles. The fourth-order valence-corrected chi connectivity index (χ4v) is 3.25. The van der Waals surface area contributed by atoms with Crippen LogP contribution < -0.4 is 10.6 Å². The minimum atomic E-state index is -0.532. The number of carbonyl (C=O) groups excluding carboxylic acids is 1. The molecule has 0 spiro atoms. The lowest BCUT2D eigenvalue weighted by atomic mass is 10.0. The molecule has 28 heavy (non-hydrogen) atoms. The SMILES string of the molecule is COC(=O)Nc1cc(Nc2ccnc(Cl)c2)cc(-c2cccc3[nH]ccc23)c1. The van der Waals surface area contributed by atoms with Crippen molar-refractivity contribution < 1.29 is 9.53 Å². The summed E-state index contributed by atoms with van der Waals surface area (Å²) in [5.74, 6) is 0. The quantitative estimate of drug-likeness (QED) is 0.383. The Hall–Kier alpha value is -3.51. The summed E-state index contributed by atoms with van der Waals surface area (Å²) < 4.78 is 4.73. The summed E-state index contributed by atoms with van der Waals surface area (Å²) in [5, 5.41) is 7.53. The Morgan fingerprint density at radius 2 is 1.93 bits per heavy atom. The molecule has 0 saturated carbocycles. The lowest BCUT2D eigenvalue weighted by Crippen LogP contribution is -2.11. The molecular formula is C21H17ClN4O2. The number of methoxy groups -OCH3 is 1. The number of halogens is 1. The van der Waals surface area contributed by atoms with E-state index in [4.69, 9.17) is 16.3 Å². The third kappa shape index (κ3) is 3.77. The van der Waals surface area contributed by atoms with Gasteiger partial charge in [-0.2, -0.15) is 0 Å². The summed E-state index contributed by atoms with van der Waals surface area (Å²) in [6.45, 7) is 0. The number of rotatable bonds is 4. The second-order valence-corrected chi connectivity index (χ2v) is 6.54. The van der Waals surface area contributed by atoms with E-state index in [2.05, 4.69) is 20.6 Å². The van der Waals surface area contributed by atoms with Crippen LogP contribution in [-0.2, 0) is 4.74 Å². The molecule has 0 fully saturated rings. The fourth-order valence-electron chi connectivity index (χ4n) is 3.08. The molecule has 7 heteroatoms. The maximum absolute atomic E-state index is 11.7. The van der Waals surface area contributed by atoms with Crippen LogP contribution in [0.4, 0.5) is 21.9 Å². The summed E-state index contributed by atoms with van der Waals surface area (Å²) >= 11 is 5.98. The summed E-state index contributed by atoms with van der Waals surface area (Å²) in [7, 11) is 1.33. The van der Waals surface area contributed by atoms with Crippen molar-refractivity contribution in [2.75, 3.05) is 17.7 Å². The Kier molecular flexibility index (Phi) is 4.87. The van der Waals surface area contributed by atoms with Crippen molar-refractivity contribution in [1.29, 1.82) is 0 Å². The predicted octanol–water partition coefficient (Wildman–Crippen LogP) is 5.81. The molecule has 6 nitrogen and oxygen atoms in total. The number of aromatic amines is 1. The van der Waals surface area contributed by atoms with Gasteiger partial charge in [-0.1, -0.05) is 23.7 Å². The van der Waals surface area contributed by atoms with E-state index in [0.29, 0.717) is 10.8 Å². The number of nitrogens with one attached hydrogen (secondary N) is 3. The van der Waals surface area contributed by atoms with Crippen LogP contribution in [0.15, 0.2) is 67.0 Å². The van der Waals surface area contributed by atoms with E-state index < -0.39 is 6.09 Å². The zero-order valence-corrected chi connectivity index (χ0v) is 15.7. The van der Waals surface area contributed by atoms with Gasteiger partial charge in [-0.25, -0.2) is 9.78 Å². The molecule has 0 saturated heterocycles. The Balaban J connectivity index is 1.80. The molecule has 0 bridgehead atoms. The smallest absolute Gasteiger partial charge is 0.411 e. The molecule has 0 unspecified atom stereocenters. The first-order chi connectivity index (χ1) is 13.6. The van der Waals surface area contributed by atoms with E-state index in [0.717, 1.165) is 33.4 Å². The van der Waals surface area contributed by atoms with Gasteiger partial charge in [0.1, 0.15) is 5.15 Å². The predicted molar refractivity (Wildman–Crippen MR) is 112 cm³/mol. The minimum absolute atomic E-state index is 0.395. The van der Waals surface area contributed by atoms with E-state index in [-0.39, 0.29) is 0 Å². The van der Waals surface area contributed by atoms with E-state index in [1.165, 1.54) is 7.11 Å². The van der Waals surface area contributed by atoms with Crippen LogP contribution in [0.25, 0.3) is 22.0 Å². The monoisotopic (exact) mass is 392 g/mol. The average Bonchev–Trinajstić information content (AvgIpc) is 3.16. The Morgan fingerprint density at radius 3 is 2.75 bits per heavy atom. The number of hydrogen-bond donors (Lipinski definition) is 3. The number of pyridine rings is 1. The van der Waals surface area contributed by atoms with Crippen molar-refractivity contribution >= 4 is 45.7 Å². The van der Waals surface area contributed by atoms with Gasteiger partial charge >= 0.3 is 6.09 Å². The van der Waals surface area contributed by atoms with Gasteiger partial charge in [0.25, 0.3) is 0 Å². The number of fused-ring (bicyclic) bond motifs is 1. The number of aromatic nitrogens is 2. The number of hydrogen-bond acceptors (Lipinski definition) is 4. The normalized spacial score (nSPS) is 10.6. The van der Waals surface area contributed by atoms with Crippen molar-refractivity contribution in [2.24, 2.45) is 0 Å². The fraction of sp³-hybridized carbons (Fsp3) is 0.0476. The summed E-state index contributed by atoms with van der Waals surface area (Å²) in [6.07, 6.45) is 3.00. The molecule has 0 radical (unpaired) electrons. The van der Waals surface area contributed by atoms with E-state index in [1.54, 1.807) is 12.3 Å². The molecule has 2 aromatic heterocycles. The second kappa shape index (κ2) is 7.62. The third-order valence-electron chi connectivity index (χ3n) is 4.29. The lowest BCUT2D eigenvalue weighted by Gasteiger charge is -2.13. The van der Waals surface area contributed by atoms with E-state index >= 15 is 0 Å². The van der Waals surface area contributed by atoms with Gasteiger partial charge < -0.3 is 15.0 Å². The highest BCUT2D eigenvalue weighted by molar-refractivity contribution is 6.29. The summed E-state index contributed by atoms with van der Waals surface area (Å²) in [6, 6.07) is 17.4. The standard InChI is InChI=1S/C21H17ClN4O2/c1-28-21(27)26-16-10-13(17-3-2-4-19-18(17)6-8-23-19)9-15(11-16)25-14-5-7-24-20(22)12-14/h2-12,23H,1H3,(H,24,25)(H,26,27). The first kappa shape index (κ1) is 17.9. The van der Waals surface area contributed by atoms with Gasteiger partial charge in [0.2, 0.25) is 0 Å². The Labute approximate surface area is 166 Å². The van der Waals surface area contributed by atoms with Crippen LogP contribution >= 0.6 is 11.6 Å². The highest BCUT2D eigenvalue weighted by atomic mass is 35.5. The summed E-state index contributed by atoms with van der Waals surface area (Å²) in [4.78, 5) is 18.9. The third-order valence-corrected chi connectivity index (χ3v) is 4.49. The average molecular weight is 393 g/mol. The molecule has 0 atom stereocenters. The van der Waals surface area contributed by atoms with Gasteiger partial charge in [-0.05, 0) is 53.6 Å². The number of H-pyrrole nitrogens is 1. The first-order valence-corrected chi connectivity index (χ1v) is 8.95. The zero-order valence-electron chi connectivity index (χ0n) is 15.0. The molecule has 0 aliphatic rings. The van der Waals surface area contributed by atoms with Crippen LogP contribution in [-0.4, -0.2) is 23.2 Å². The molecule has 4 rings (SSSR count). The van der Waals surface area contributed by atoms with Crippen molar-refractivity contribution in [3.8, 4) is 11.1 Å². The second-order valence-electron chi connectivity index (χ2n) is 6.15. The van der Waals surface area contributed by atoms with Crippen molar-refractivity contribution in [2.45, 2.75) is 0 Å². The Bertz CT molecular complexity index is 1160. The van der Waals surface area contributed by atoms with Gasteiger partial charge in [0, 0.05) is 40.4 Å². The zero-order chi connectivity index (χ0) is 19.5. The van der Waals surface area contributed by atoms with Crippen LogP contribution in [0, 0.1) is 0 Å². The maximum atomic E-state index is 11.7. The lowest BCUT2D eigenvalue weighted by molar-refractivity contribution is 0.187. The number of nitrogens with zero attached hydrogens (tertiary/aromatic N) is 1. The highest BCUT2D eigenvalue weighted by Crippen LogP contribution is 2.33. The van der Waals surface area contributed by atoms with E-state index in [1.807, 2.05) is 54.7 Å². The number of anilines is 3. The van der Waals surface area contributed by atoms with Gasteiger partial charge in [0.15, 0.2) is 0 Å². The molecular weight excluding hydrogens is 376 g/mol. The van der Waals surface area contributed by atoms with E-state index in [9.17, 15) is 4.79 Å². The van der Waals surface area contributed by atoms with Crippen LogP contribution in [0.3, 0.4) is 0 Å². The topological polar surface area (TPSA) is 79.0 Å². The van der Waals surface area contributed by atoms with Crippen LogP contribution in [0.1, 0.15) is 0 Å². The first-order valence-electron chi connectivity index (χ1n) is 8.57. The summed E-state index contributed by atoms with van der Waals surface area (Å²) in [5.41, 5.74) is 5.23. The number of amides is 1. The maximum Gasteiger partial charge on any atom is 0.411 e. The number of carbonyl (C=O) groups is 1. The molecule has 140 valence electrons. The molecule has 4 aromatic rings. The van der Waals surface area contributed by atoms with Crippen molar-refractivity contribution in [3.63, 3.8) is 0 Å². The van der Waals surface area contributed by atoms with Crippen molar-refractivity contribution in [1.82, 2.24) is 9.97 Å². The highest BCUT2D eigenvalue weighted by Gasteiger charge is 2.10. The molecule has 0 aliphatic heterocycles. The van der Waals surface area contributed by atoms with Crippen molar-refractivity contribution in [3.05, 3.63) is 72.1 Å². The Morgan fingerprint density at radius 1 is 1.07 bits per heavy atom. The molecule has 3 N–H and O–H groups in total. The van der Waals surface area contributed by atoms with Gasteiger partial charge in [0.05, 0.1) is 7.11 Å². The van der Waals surface area contributed by atoms with Crippen LogP contribution in [0.5, 0.6) is 0 Å². The van der Waals surface area contributed by atoms with Gasteiger partial charge in [-0.15, -0.1) is 0 Å². The largest absolute Gasteiger partial charge is 0.453 e. The molecule has 1 amide bonds. The number of benzene rings is 2. The molecule has 2 aromatic carbocycles. The van der Waals surface area contributed by atoms with Gasteiger partial charge in [-0.3, -0.25) is 5.32 Å². The van der Waals surface area contributed by atoms with Crippen LogP contribution in [0.2, 0.25) is 5.15 Å². The number of ether oxygens (including phenoxy) is 1.